The van der Waals surface area contributed by atoms with Crippen molar-refractivity contribution in [3.8, 4) is 5.75 Å². The van der Waals surface area contributed by atoms with Crippen LogP contribution in [0.15, 0.2) is 66.7 Å². The molecule has 6 heteroatoms. The number of likely N-dealkylation sites (tertiary alicyclic amines) is 1. The highest BCUT2D eigenvalue weighted by atomic mass is 16.5. The molecular formula is C27H31N3O3. The minimum atomic E-state index is -0.187. The van der Waals surface area contributed by atoms with Crippen LogP contribution in [0, 0.1) is 0 Å². The SMILES string of the molecule is COc1cccc(C(CNC(=O)CNC(=O)Cc2cccc3ccccc23)N2CCCC2)c1. The number of hydrogen-bond donors (Lipinski definition) is 2. The van der Waals surface area contributed by atoms with Crippen molar-refractivity contribution in [2.45, 2.75) is 25.3 Å². The summed E-state index contributed by atoms with van der Waals surface area (Å²) >= 11 is 0. The average molecular weight is 446 g/mol. The smallest absolute Gasteiger partial charge is 0.239 e. The van der Waals surface area contributed by atoms with Crippen molar-refractivity contribution < 1.29 is 14.3 Å². The molecule has 172 valence electrons. The van der Waals surface area contributed by atoms with Gasteiger partial charge in [-0.3, -0.25) is 14.5 Å². The van der Waals surface area contributed by atoms with Gasteiger partial charge in [0.15, 0.2) is 0 Å². The molecular weight excluding hydrogens is 414 g/mol. The Morgan fingerprint density at radius 3 is 2.52 bits per heavy atom. The van der Waals surface area contributed by atoms with Crippen LogP contribution in [0.1, 0.15) is 30.0 Å². The Morgan fingerprint density at radius 1 is 0.939 bits per heavy atom. The van der Waals surface area contributed by atoms with Gasteiger partial charge in [0.25, 0.3) is 0 Å². The first-order valence-electron chi connectivity index (χ1n) is 11.5. The van der Waals surface area contributed by atoms with Gasteiger partial charge in [0.2, 0.25) is 11.8 Å². The van der Waals surface area contributed by atoms with Crippen molar-refractivity contribution in [1.29, 1.82) is 0 Å². The molecule has 4 rings (SSSR count). The second-order valence-corrected chi connectivity index (χ2v) is 8.43. The molecule has 3 aromatic rings. The van der Waals surface area contributed by atoms with Crippen molar-refractivity contribution in [3.63, 3.8) is 0 Å². The molecule has 6 nitrogen and oxygen atoms in total. The predicted molar refractivity (Wildman–Crippen MR) is 130 cm³/mol. The zero-order valence-electron chi connectivity index (χ0n) is 19.0. The number of carbonyl (C=O) groups excluding carboxylic acids is 2. The molecule has 0 bridgehead atoms. The quantitative estimate of drug-likeness (QED) is 0.529. The summed E-state index contributed by atoms with van der Waals surface area (Å²) in [5.74, 6) is 0.461. The minimum absolute atomic E-state index is 0.0333. The van der Waals surface area contributed by atoms with E-state index in [2.05, 4.69) is 21.6 Å². The first-order chi connectivity index (χ1) is 16.1. The molecule has 0 radical (unpaired) electrons. The standard InChI is InChI=1S/C27H31N3O3/c1-33-23-12-7-11-22(16-23)25(30-14-4-5-15-30)18-28-27(32)19-29-26(31)17-21-10-6-9-20-8-2-3-13-24(20)21/h2-3,6-13,16,25H,4-5,14-15,17-19H2,1H3,(H,28,32)(H,29,31). The second kappa shape index (κ2) is 11.0. The Bertz CT molecular complexity index is 1100. The second-order valence-electron chi connectivity index (χ2n) is 8.43. The Kier molecular flexibility index (Phi) is 7.58. The summed E-state index contributed by atoms with van der Waals surface area (Å²) in [6.45, 7) is 2.48. The maximum absolute atomic E-state index is 12.5. The third-order valence-electron chi connectivity index (χ3n) is 6.23. The molecule has 1 unspecified atom stereocenters. The van der Waals surface area contributed by atoms with E-state index >= 15 is 0 Å². The van der Waals surface area contributed by atoms with Crippen LogP contribution in [-0.2, 0) is 16.0 Å². The molecule has 0 saturated carbocycles. The highest BCUT2D eigenvalue weighted by Crippen LogP contribution is 2.27. The summed E-state index contributed by atoms with van der Waals surface area (Å²) in [7, 11) is 1.66. The van der Waals surface area contributed by atoms with E-state index in [1.807, 2.05) is 60.7 Å². The van der Waals surface area contributed by atoms with Gasteiger partial charge in [-0.15, -0.1) is 0 Å². The van der Waals surface area contributed by atoms with Gasteiger partial charge in [-0.1, -0.05) is 54.6 Å². The maximum atomic E-state index is 12.5. The molecule has 0 aromatic heterocycles. The fourth-order valence-electron chi connectivity index (χ4n) is 4.49. The first-order valence-corrected chi connectivity index (χ1v) is 11.5. The summed E-state index contributed by atoms with van der Waals surface area (Å²) < 4.78 is 5.38. The van der Waals surface area contributed by atoms with Gasteiger partial charge in [0.05, 0.1) is 26.1 Å². The lowest BCUT2D eigenvalue weighted by atomic mass is 10.0. The van der Waals surface area contributed by atoms with E-state index in [0.717, 1.165) is 40.7 Å². The van der Waals surface area contributed by atoms with Crippen molar-refractivity contribution in [2.24, 2.45) is 0 Å². The van der Waals surface area contributed by atoms with Crippen LogP contribution in [0.5, 0.6) is 5.75 Å². The highest BCUT2D eigenvalue weighted by Gasteiger charge is 2.24. The zero-order chi connectivity index (χ0) is 23.0. The van der Waals surface area contributed by atoms with E-state index in [4.69, 9.17) is 4.74 Å². The van der Waals surface area contributed by atoms with Crippen LogP contribution in [0.4, 0.5) is 0 Å². The van der Waals surface area contributed by atoms with Gasteiger partial charge in [-0.2, -0.15) is 0 Å². The minimum Gasteiger partial charge on any atom is -0.497 e. The van der Waals surface area contributed by atoms with Crippen LogP contribution >= 0.6 is 0 Å². The summed E-state index contributed by atoms with van der Waals surface area (Å²) in [6, 6.07) is 22.0. The van der Waals surface area contributed by atoms with Gasteiger partial charge < -0.3 is 15.4 Å². The Balaban J connectivity index is 1.32. The summed E-state index contributed by atoms with van der Waals surface area (Å²) in [5.41, 5.74) is 2.08. The molecule has 1 saturated heterocycles. The molecule has 1 fully saturated rings. The van der Waals surface area contributed by atoms with E-state index in [-0.39, 0.29) is 30.8 Å². The predicted octanol–water partition coefficient (Wildman–Crippen LogP) is 3.46. The number of amides is 2. The van der Waals surface area contributed by atoms with Crippen LogP contribution in [0.2, 0.25) is 0 Å². The maximum Gasteiger partial charge on any atom is 0.239 e. The van der Waals surface area contributed by atoms with E-state index in [1.54, 1.807) is 7.11 Å². The number of nitrogens with one attached hydrogen (secondary N) is 2. The molecule has 33 heavy (non-hydrogen) atoms. The van der Waals surface area contributed by atoms with Crippen LogP contribution < -0.4 is 15.4 Å². The average Bonchev–Trinajstić information content (AvgIpc) is 3.38. The van der Waals surface area contributed by atoms with Gasteiger partial charge in [-0.05, 0) is 60.0 Å². The molecule has 3 aromatic carbocycles. The third-order valence-corrected chi connectivity index (χ3v) is 6.23. The lowest BCUT2D eigenvalue weighted by Gasteiger charge is -2.28. The summed E-state index contributed by atoms with van der Waals surface area (Å²) in [4.78, 5) is 27.4. The molecule has 1 aliphatic rings. The number of methoxy groups -OCH3 is 1. The molecule has 2 N–H and O–H groups in total. The first kappa shape index (κ1) is 22.8. The van der Waals surface area contributed by atoms with Crippen molar-refractivity contribution in [1.82, 2.24) is 15.5 Å². The molecule has 1 aliphatic heterocycles. The number of fused-ring (bicyclic) bond motifs is 1. The topological polar surface area (TPSA) is 70.7 Å². The largest absolute Gasteiger partial charge is 0.497 e. The number of rotatable bonds is 9. The monoisotopic (exact) mass is 445 g/mol. The van der Waals surface area contributed by atoms with Gasteiger partial charge >= 0.3 is 0 Å². The number of hydrogen-bond acceptors (Lipinski definition) is 4. The molecule has 0 aliphatic carbocycles. The molecule has 1 heterocycles. The van der Waals surface area contributed by atoms with Crippen molar-refractivity contribution in [2.75, 3.05) is 33.3 Å². The fraction of sp³-hybridized carbons (Fsp3) is 0.333. The summed E-state index contributed by atoms with van der Waals surface area (Å²) in [5, 5.41) is 7.93. The Morgan fingerprint density at radius 2 is 1.70 bits per heavy atom. The van der Waals surface area contributed by atoms with Crippen LogP contribution in [-0.4, -0.2) is 50.0 Å². The number of nitrogens with zero attached hydrogens (tertiary/aromatic N) is 1. The molecule has 0 spiro atoms. The van der Waals surface area contributed by atoms with Gasteiger partial charge in [0.1, 0.15) is 5.75 Å². The Hall–Kier alpha value is -3.38. The van der Waals surface area contributed by atoms with Crippen molar-refractivity contribution in [3.05, 3.63) is 77.9 Å². The van der Waals surface area contributed by atoms with E-state index in [1.165, 1.54) is 12.8 Å². The fourth-order valence-corrected chi connectivity index (χ4v) is 4.49. The highest BCUT2D eigenvalue weighted by molar-refractivity contribution is 5.91. The van der Waals surface area contributed by atoms with Crippen molar-refractivity contribution >= 4 is 22.6 Å². The van der Waals surface area contributed by atoms with Gasteiger partial charge in [-0.25, -0.2) is 0 Å². The summed E-state index contributed by atoms with van der Waals surface area (Å²) in [6.07, 6.45) is 2.58. The van der Waals surface area contributed by atoms with Crippen LogP contribution in [0.3, 0.4) is 0 Å². The molecule has 2 amide bonds. The lowest BCUT2D eigenvalue weighted by molar-refractivity contribution is -0.125. The lowest BCUT2D eigenvalue weighted by Crippen LogP contribution is -2.41. The zero-order valence-corrected chi connectivity index (χ0v) is 19.0. The normalized spacial score (nSPS) is 14.7. The number of ether oxygens (including phenoxy) is 1. The van der Waals surface area contributed by atoms with E-state index in [0.29, 0.717) is 6.54 Å². The van der Waals surface area contributed by atoms with Gasteiger partial charge in [0, 0.05) is 6.54 Å². The van der Waals surface area contributed by atoms with Crippen LogP contribution in [0.25, 0.3) is 10.8 Å². The Labute approximate surface area is 194 Å². The molecule has 1 atom stereocenters. The number of carbonyl (C=O) groups is 2. The van der Waals surface area contributed by atoms with E-state index in [9.17, 15) is 9.59 Å². The third kappa shape index (κ3) is 5.90. The number of benzene rings is 3. The van der Waals surface area contributed by atoms with E-state index < -0.39 is 0 Å².